The predicted molar refractivity (Wildman–Crippen MR) is 106 cm³/mol. The molecular weight excluding hydrogens is 356 g/mol. The van der Waals surface area contributed by atoms with Gasteiger partial charge in [-0.15, -0.1) is 0 Å². The van der Waals surface area contributed by atoms with E-state index in [1.54, 1.807) is 0 Å². The summed E-state index contributed by atoms with van der Waals surface area (Å²) in [4.78, 5) is 12.8. The average Bonchev–Trinajstić information content (AvgIpc) is 3.06. The number of aromatic nitrogens is 4. The highest BCUT2D eigenvalue weighted by atomic mass is 16.5. The molecule has 144 valence electrons. The zero-order chi connectivity index (χ0) is 19.7. The molecule has 0 unspecified atom stereocenters. The average molecular weight is 378 g/mol. The van der Waals surface area contributed by atoms with Gasteiger partial charge in [-0.1, -0.05) is 0 Å². The van der Waals surface area contributed by atoms with Gasteiger partial charge in [0.25, 0.3) is 0 Å². The summed E-state index contributed by atoms with van der Waals surface area (Å²) in [6.07, 6.45) is 3.92. The van der Waals surface area contributed by atoms with E-state index in [4.69, 9.17) is 21.2 Å². The van der Waals surface area contributed by atoms with Crippen LogP contribution in [0.2, 0.25) is 0 Å². The van der Waals surface area contributed by atoms with Crippen molar-refractivity contribution in [3.63, 3.8) is 0 Å². The molecule has 0 atom stereocenters. The molecule has 0 spiro atoms. The van der Waals surface area contributed by atoms with Crippen LogP contribution in [0.15, 0.2) is 18.3 Å². The number of nitrogen functional groups attached to an aromatic ring is 2. The van der Waals surface area contributed by atoms with Crippen molar-refractivity contribution in [1.29, 1.82) is 5.26 Å². The number of nitrogens with two attached hydrogens (primary N) is 2. The number of fused-ring (bicyclic) bond motifs is 1. The molecule has 5 N–H and O–H groups in total. The van der Waals surface area contributed by atoms with E-state index in [1.165, 1.54) is 5.56 Å². The van der Waals surface area contributed by atoms with E-state index in [-0.39, 0.29) is 17.3 Å². The maximum atomic E-state index is 9.37. The smallest absolute Gasteiger partial charge is 0.224 e. The summed E-state index contributed by atoms with van der Waals surface area (Å²) in [5, 5.41) is 12.5. The molecule has 4 rings (SSSR count). The van der Waals surface area contributed by atoms with Crippen LogP contribution >= 0.6 is 0 Å². The first kappa shape index (κ1) is 18.0. The van der Waals surface area contributed by atoms with Crippen LogP contribution in [-0.2, 0) is 18.3 Å². The fourth-order valence-corrected chi connectivity index (χ4v) is 3.64. The number of nitrogens with zero attached hydrogens (tertiary/aromatic N) is 5. The first-order chi connectivity index (χ1) is 13.6. The maximum absolute atomic E-state index is 9.37. The number of hydrogen-bond acceptors (Lipinski definition) is 8. The summed E-state index contributed by atoms with van der Waals surface area (Å²) in [6, 6.07) is 6.24. The van der Waals surface area contributed by atoms with E-state index in [0.717, 1.165) is 42.8 Å². The van der Waals surface area contributed by atoms with Crippen molar-refractivity contribution in [1.82, 2.24) is 19.5 Å². The van der Waals surface area contributed by atoms with Crippen molar-refractivity contribution in [2.75, 3.05) is 30.0 Å². The maximum Gasteiger partial charge on any atom is 0.224 e. The van der Waals surface area contributed by atoms with Crippen molar-refractivity contribution in [3.8, 4) is 6.07 Å². The number of nitriles is 1. The molecule has 0 aliphatic carbocycles. The van der Waals surface area contributed by atoms with E-state index in [9.17, 15) is 5.26 Å². The Hall–Kier alpha value is -3.38. The summed E-state index contributed by atoms with van der Waals surface area (Å²) < 4.78 is 7.59. The summed E-state index contributed by atoms with van der Waals surface area (Å²) in [7, 11) is 2.02. The molecule has 0 bridgehead atoms. The second-order valence-electron chi connectivity index (χ2n) is 6.90. The molecule has 0 amide bonds. The van der Waals surface area contributed by atoms with Gasteiger partial charge in [-0.3, -0.25) is 0 Å². The normalized spacial score (nSPS) is 14.9. The van der Waals surface area contributed by atoms with Gasteiger partial charge in [0.2, 0.25) is 5.95 Å². The third-order valence-corrected chi connectivity index (χ3v) is 5.13. The van der Waals surface area contributed by atoms with Crippen molar-refractivity contribution >= 4 is 28.6 Å². The number of anilines is 3. The standard InChI is InChI=1S/C19H22N8O/c1-27-5-2-14-16(27)8-12(11-3-6-28-7-4-11)15(24-14)10-23-18-13(9-20)17(21)25-19(22)26-18/h2,5,8,11H,3-4,6-7,10H2,1H3,(H5,21,22,23,25,26). The molecular formula is C19H22N8O. The molecule has 0 saturated carbocycles. The molecule has 1 saturated heterocycles. The van der Waals surface area contributed by atoms with Crippen LogP contribution in [0.1, 0.15) is 35.6 Å². The van der Waals surface area contributed by atoms with Gasteiger partial charge >= 0.3 is 0 Å². The summed E-state index contributed by atoms with van der Waals surface area (Å²) in [6.45, 7) is 1.91. The molecule has 3 aromatic rings. The molecule has 3 aromatic heterocycles. The van der Waals surface area contributed by atoms with Gasteiger partial charge < -0.3 is 26.1 Å². The number of pyridine rings is 1. The van der Waals surface area contributed by atoms with Gasteiger partial charge in [0, 0.05) is 26.5 Å². The van der Waals surface area contributed by atoms with Crippen molar-refractivity contribution < 1.29 is 4.74 Å². The number of ether oxygens (including phenoxy) is 1. The van der Waals surface area contributed by atoms with E-state index in [0.29, 0.717) is 18.3 Å². The second kappa shape index (κ2) is 7.32. The number of aryl methyl sites for hydroxylation is 1. The monoisotopic (exact) mass is 378 g/mol. The highest BCUT2D eigenvalue weighted by Gasteiger charge is 2.22. The van der Waals surface area contributed by atoms with Crippen molar-refractivity contribution in [3.05, 3.63) is 35.2 Å². The largest absolute Gasteiger partial charge is 0.382 e. The Kier molecular flexibility index (Phi) is 4.71. The minimum absolute atomic E-state index is 0.0233. The molecule has 9 nitrogen and oxygen atoms in total. The Morgan fingerprint density at radius 3 is 2.82 bits per heavy atom. The lowest BCUT2D eigenvalue weighted by Gasteiger charge is -2.24. The van der Waals surface area contributed by atoms with E-state index in [1.807, 2.05) is 25.4 Å². The summed E-state index contributed by atoms with van der Waals surface area (Å²) in [5.74, 6) is 0.789. The number of nitrogens with one attached hydrogen (secondary N) is 1. The van der Waals surface area contributed by atoms with Crippen LogP contribution < -0.4 is 16.8 Å². The highest BCUT2D eigenvalue weighted by Crippen LogP contribution is 2.32. The minimum atomic E-state index is 0.0233. The van der Waals surface area contributed by atoms with Crippen LogP contribution in [-0.4, -0.2) is 32.7 Å². The van der Waals surface area contributed by atoms with Crippen LogP contribution in [0.3, 0.4) is 0 Å². The third-order valence-electron chi connectivity index (χ3n) is 5.13. The van der Waals surface area contributed by atoms with Crippen LogP contribution in [0.25, 0.3) is 11.0 Å². The minimum Gasteiger partial charge on any atom is -0.382 e. The number of rotatable bonds is 4. The molecule has 9 heteroatoms. The fraction of sp³-hybridized carbons (Fsp3) is 0.368. The SMILES string of the molecule is Cn1ccc2nc(CNc3nc(N)nc(N)c3C#N)c(C3CCOCC3)cc21. The Labute approximate surface area is 162 Å². The van der Waals surface area contributed by atoms with E-state index < -0.39 is 0 Å². The molecule has 4 heterocycles. The van der Waals surface area contributed by atoms with Crippen LogP contribution in [0, 0.1) is 11.3 Å². The summed E-state index contributed by atoms with van der Waals surface area (Å²) >= 11 is 0. The lowest BCUT2D eigenvalue weighted by Crippen LogP contribution is -2.18. The van der Waals surface area contributed by atoms with E-state index >= 15 is 0 Å². The summed E-state index contributed by atoms with van der Waals surface area (Å²) in [5.41, 5.74) is 15.8. The first-order valence-electron chi connectivity index (χ1n) is 9.16. The van der Waals surface area contributed by atoms with Gasteiger partial charge in [0.1, 0.15) is 17.5 Å². The van der Waals surface area contributed by atoms with Gasteiger partial charge in [-0.2, -0.15) is 15.2 Å². The van der Waals surface area contributed by atoms with Gasteiger partial charge in [0.15, 0.2) is 5.82 Å². The Balaban J connectivity index is 1.71. The van der Waals surface area contributed by atoms with Gasteiger partial charge in [-0.25, -0.2) is 4.98 Å². The first-order valence-corrected chi connectivity index (χ1v) is 9.16. The van der Waals surface area contributed by atoms with Gasteiger partial charge in [-0.05, 0) is 36.5 Å². The lowest BCUT2D eigenvalue weighted by molar-refractivity contribution is 0.0851. The Morgan fingerprint density at radius 1 is 1.29 bits per heavy atom. The number of hydrogen-bond donors (Lipinski definition) is 3. The van der Waals surface area contributed by atoms with Crippen molar-refractivity contribution in [2.24, 2.45) is 7.05 Å². The van der Waals surface area contributed by atoms with Crippen LogP contribution in [0.5, 0.6) is 0 Å². The third kappa shape index (κ3) is 3.30. The van der Waals surface area contributed by atoms with Crippen LogP contribution in [0.4, 0.5) is 17.6 Å². The Bertz CT molecular complexity index is 1060. The lowest BCUT2D eigenvalue weighted by atomic mass is 9.90. The quantitative estimate of drug-likeness (QED) is 0.625. The molecule has 0 radical (unpaired) electrons. The second-order valence-corrected chi connectivity index (χ2v) is 6.90. The zero-order valence-corrected chi connectivity index (χ0v) is 15.6. The zero-order valence-electron chi connectivity index (χ0n) is 15.6. The van der Waals surface area contributed by atoms with Crippen molar-refractivity contribution in [2.45, 2.75) is 25.3 Å². The molecule has 1 fully saturated rings. The molecule has 28 heavy (non-hydrogen) atoms. The van der Waals surface area contributed by atoms with Gasteiger partial charge in [0.05, 0.1) is 23.3 Å². The molecule has 1 aliphatic heterocycles. The molecule has 1 aliphatic rings. The highest BCUT2D eigenvalue weighted by molar-refractivity contribution is 5.77. The Morgan fingerprint density at radius 2 is 2.07 bits per heavy atom. The fourth-order valence-electron chi connectivity index (χ4n) is 3.64. The van der Waals surface area contributed by atoms with E-state index in [2.05, 4.69) is 25.9 Å². The topological polar surface area (TPSA) is 141 Å². The predicted octanol–water partition coefficient (Wildman–Crippen LogP) is 1.91. The molecule has 0 aromatic carbocycles.